The van der Waals surface area contributed by atoms with Crippen LogP contribution in [-0.4, -0.2) is 0 Å². The van der Waals surface area contributed by atoms with Gasteiger partial charge in [0, 0.05) is 13.1 Å². The fourth-order valence-corrected chi connectivity index (χ4v) is 2.16. The lowest BCUT2D eigenvalue weighted by Gasteiger charge is -2.08. The highest BCUT2D eigenvalue weighted by atomic mass is 35.5. The topological polar surface area (TPSA) is 35.8 Å². The monoisotopic (exact) mass is 288 g/mol. The zero-order chi connectivity index (χ0) is 14.5. The zero-order valence-corrected chi connectivity index (χ0v) is 11.8. The van der Waals surface area contributed by atoms with Crippen LogP contribution in [0, 0.1) is 24.1 Å². The number of nitriles is 1. The molecule has 0 saturated heterocycles. The minimum atomic E-state index is -0.404. The minimum Gasteiger partial charge on any atom is -0.309 e. The Labute approximate surface area is 122 Å². The summed E-state index contributed by atoms with van der Waals surface area (Å²) in [7, 11) is 0. The zero-order valence-electron chi connectivity index (χ0n) is 11.1. The average molecular weight is 289 g/mol. The molecule has 0 fully saturated rings. The molecule has 4 heteroatoms. The Morgan fingerprint density at radius 2 is 2.00 bits per heavy atom. The summed E-state index contributed by atoms with van der Waals surface area (Å²) < 4.78 is 13.0. The van der Waals surface area contributed by atoms with Gasteiger partial charge >= 0.3 is 0 Å². The molecule has 0 unspecified atom stereocenters. The van der Waals surface area contributed by atoms with Crippen molar-refractivity contribution in [2.75, 3.05) is 0 Å². The van der Waals surface area contributed by atoms with E-state index in [9.17, 15) is 4.39 Å². The summed E-state index contributed by atoms with van der Waals surface area (Å²) in [5, 5.41) is 12.2. The average Bonchev–Trinajstić information content (AvgIpc) is 2.44. The summed E-state index contributed by atoms with van der Waals surface area (Å²) in [6.07, 6.45) is 0. The maximum Gasteiger partial charge on any atom is 0.141 e. The third-order valence-corrected chi connectivity index (χ3v) is 3.39. The van der Waals surface area contributed by atoms with E-state index in [1.807, 2.05) is 19.1 Å². The molecule has 0 atom stereocenters. The van der Waals surface area contributed by atoms with Gasteiger partial charge < -0.3 is 5.32 Å². The number of hydrogen-bond donors (Lipinski definition) is 1. The lowest BCUT2D eigenvalue weighted by atomic mass is 10.1. The highest BCUT2D eigenvalue weighted by Crippen LogP contribution is 2.16. The largest absolute Gasteiger partial charge is 0.309 e. The van der Waals surface area contributed by atoms with E-state index in [2.05, 4.69) is 11.4 Å². The van der Waals surface area contributed by atoms with E-state index >= 15 is 0 Å². The summed E-state index contributed by atoms with van der Waals surface area (Å²) in [5.74, 6) is -0.404. The number of nitrogens with zero attached hydrogens (tertiary/aromatic N) is 1. The quantitative estimate of drug-likeness (QED) is 0.925. The molecule has 2 aromatic rings. The Hall–Kier alpha value is -1.89. The van der Waals surface area contributed by atoms with Gasteiger partial charge in [-0.2, -0.15) is 5.26 Å². The van der Waals surface area contributed by atoms with Crippen LogP contribution >= 0.6 is 11.6 Å². The van der Waals surface area contributed by atoms with Crippen LogP contribution in [0.25, 0.3) is 0 Å². The van der Waals surface area contributed by atoms with Crippen LogP contribution in [0.3, 0.4) is 0 Å². The molecule has 0 aromatic heterocycles. The number of aryl methyl sites for hydroxylation is 1. The molecule has 1 N–H and O–H groups in total. The second kappa shape index (κ2) is 6.51. The Morgan fingerprint density at radius 3 is 2.65 bits per heavy atom. The van der Waals surface area contributed by atoms with Crippen LogP contribution < -0.4 is 5.32 Å². The number of hydrogen-bond acceptors (Lipinski definition) is 2. The Morgan fingerprint density at radius 1 is 1.20 bits per heavy atom. The van der Waals surface area contributed by atoms with Gasteiger partial charge in [0.15, 0.2) is 0 Å². The van der Waals surface area contributed by atoms with Crippen molar-refractivity contribution in [2.24, 2.45) is 0 Å². The van der Waals surface area contributed by atoms with Gasteiger partial charge in [-0.15, -0.1) is 0 Å². The van der Waals surface area contributed by atoms with Crippen molar-refractivity contribution in [3.8, 4) is 6.07 Å². The number of nitrogens with one attached hydrogen (secondary N) is 1. The van der Waals surface area contributed by atoms with Gasteiger partial charge in [0.25, 0.3) is 0 Å². The van der Waals surface area contributed by atoms with E-state index in [1.165, 1.54) is 6.07 Å². The highest BCUT2D eigenvalue weighted by molar-refractivity contribution is 6.30. The molecule has 0 saturated carbocycles. The van der Waals surface area contributed by atoms with Crippen LogP contribution in [0.2, 0.25) is 5.02 Å². The fraction of sp³-hybridized carbons (Fsp3) is 0.188. The van der Waals surface area contributed by atoms with Gasteiger partial charge in [-0.3, -0.25) is 0 Å². The maximum atomic E-state index is 13.0. The molecular formula is C16H14ClFN2. The molecule has 0 aliphatic rings. The van der Waals surface area contributed by atoms with Gasteiger partial charge in [-0.05, 0) is 47.9 Å². The number of benzene rings is 2. The van der Waals surface area contributed by atoms with Gasteiger partial charge in [0.1, 0.15) is 5.82 Å². The van der Waals surface area contributed by atoms with Crippen molar-refractivity contribution in [1.82, 2.24) is 5.32 Å². The van der Waals surface area contributed by atoms with Gasteiger partial charge in [-0.1, -0.05) is 23.7 Å². The predicted molar refractivity (Wildman–Crippen MR) is 77.8 cm³/mol. The van der Waals surface area contributed by atoms with Gasteiger partial charge in [0.05, 0.1) is 16.7 Å². The van der Waals surface area contributed by atoms with E-state index in [0.29, 0.717) is 18.7 Å². The van der Waals surface area contributed by atoms with E-state index in [0.717, 1.165) is 16.7 Å². The molecule has 0 radical (unpaired) electrons. The first-order chi connectivity index (χ1) is 9.60. The summed E-state index contributed by atoms with van der Waals surface area (Å²) in [5.41, 5.74) is 3.81. The normalized spacial score (nSPS) is 10.3. The van der Waals surface area contributed by atoms with E-state index in [4.69, 9.17) is 16.9 Å². The third-order valence-electron chi connectivity index (χ3n) is 3.10. The van der Waals surface area contributed by atoms with E-state index in [-0.39, 0.29) is 5.02 Å². The molecule has 0 amide bonds. The molecule has 2 rings (SSSR count). The van der Waals surface area contributed by atoms with Crippen LogP contribution in [0.1, 0.15) is 22.3 Å². The van der Waals surface area contributed by atoms with Crippen molar-refractivity contribution >= 4 is 11.6 Å². The smallest absolute Gasteiger partial charge is 0.141 e. The number of halogens is 2. The summed E-state index contributed by atoms with van der Waals surface area (Å²) in [4.78, 5) is 0. The molecule has 2 aromatic carbocycles. The molecule has 2 nitrogen and oxygen atoms in total. The van der Waals surface area contributed by atoms with Gasteiger partial charge in [-0.25, -0.2) is 4.39 Å². The van der Waals surface area contributed by atoms with Crippen molar-refractivity contribution in [2.45, 2.75) is 20.0 Å². The summed E-state index contributed by atoms with van der Waals surface area (Å²) in [6, 6.07) is 12.4. The lowest BCUT2D eigenvalue weighted by molar-refractivity contribution is 0.625. The van der Waals surface area contributed by atoms with Crippen LogP contribution in [0.4, 0.5) is 4.39 Å². The maximum absolute atomic E-state index is 13.0. The molecular weight excluding hydrogens is 275 g/mol. The molecule has 0 spiro atoms. The molecule has 0 bridgehead atoms. The molecule has 20 heavy (non-hydrogen) atoms. The van der Waals surface area contributed by atoms with Crippen LogP contribution in [0.5, 0.6) is 0 Å². The first-order valence-electron chi connectivity index (χ1n) is 6.24. The first kappa shape index (κ1) is 14.5. The molecule has 0 aliphatic carbocycles. The van der Waals surface area contributed by atoms with Crippen molar-refractivity contribution in [1.29, 1.82) is 5.26 Å². The van der Waals surface area contributed by atoms with Crippen molar-refractivity contribution < 1.29 is 4.39 Å². The van der Waals surface area contributed by atoms with Crippen LogP contribution in [-0.2, 0) is 13.1 Å². The minimum absolute atomic E-state index is 0.138. The third kappa shape index (κ3) is 3.57. The van der Waals surface area contributed by atoms with Crippen LogP contribution in [0.15, 0.2) is 36.4 Å². The lowest BCUT2D eigenvalue weighted by Crippen LogP contribution is -2.13. The standard InChI is InChI=1S/C16H14ClFN2/c1-11-6-12(8-19)2-4-14(11)10-20-9-13-3-5-16(18)15(17)7-13/h2-7,20H,9-10H2,1H3. The molecule has 0 aliphatic heterocycles. The van der Waals surface area contributed by atoms with E-state index < -0.39 is 5.82 Å². The first-order valence-corrected chi connectivity index (χ1v) is 6.62. The second-order valence-electron chi connectivity index (χ2n) is 4.61. The van der Waals surface area contributed by atoms with Gasteiger partial charge in [0.2, 0.25) is 0 Å². The van der Waals surface area contributed by atoms with Crippen molar-refractivity contribution in [3.63, 3.8) is 0 Å². The molecule has 0 heterocycles. The fourth-order valence-electron chi connectivity index (χ4n) is 1.95. The van der Waals surface area contributed by atoms with Crippen molar-refractivity contribution in [3.05, 3.63) is 69.5 Å². The second-order valence-corrected chi connectivity index (χ2v) is 5.01. The Kier molecular flexibility index (Phi) is 4.73. The predicted octanol–water partition coefficient (Wildman–Crippen LogP) is 3.95. The summed E-state index contributed by atoms with van der Waals surface area (Å²) in [6.45, 7) is 3.28. The number of rotatable bonds is 4. The highest BCUT2D eigenvalue weighted by Gasteiger charge is 2.02. The summed E-state index contributed by atoms with van der Waals surface area (Å²) >= 11 is 5.73. The Bertz CT molecular complexity index is 662. The van der Waals surface area contributed by atoms with E-state index in [1.54, 1.807) is 18.2 Å². The Balaban J connectivity index is 1.96. The SMILES string of the molecule is Cc1cc(C#N)ccc1CNCc1ccc(F)c(Cl)c1. The molecule has 102 valence electrons.